The molecule has 1 aliphatic heterocycles. The highest BCUT2D eigenvalue weighted by Crippen LogP contribution is 2.34. The standard InChI is InChI=1S/C14H17BrN2O3S/c1-19-9-2-3-10(15)11(8-9)17-13(18)14(12(16)21)4-6-20-7-5-14/h2-3,8H,4-7H2,1H3,(H2,16,21)(H,17,18). The molecular formula is C14H17BrN2O3S. The van der Waals surface area contributed by atoms with Crippen LogP contribution in [0.15, 0.2) is 22.7 Å². The van der Waals surface area contributed by atoms with E-state index in [1.807, 2.05) is 6.07 Å². The van der Waals surface area contributed by atoms with Crippen LogP contribution in [0.4, 0.5) is 5.69 Å². The maximum Gasteiger partial charge on any atom is 0.237 e. The van der Waals surface area contributed by atoms with Crippen molar-refractivity contribution in [2.45, 2.75) is 12.8 Å². The van der Waals surface area contributed by atoms with E-state index < -0.39 is 5.41 Å². The first-order valence-electron chi connectivity index (χ1n) is 6.52. The van der Waals surface area contributed by atoms with Gasteiger partial charge in [-0.15, -0.1) is 0 Å². The number of benzene rings is 1. The molecule has 5 nitrogen and oxygen atoms in total. The Labute approximate surface area is 137 Å². The van der Waals surface area contributed by atoms with E-state index >= 15 is 0 Å². The first kappa shape index (κ1) is 16.2. The summed E-state index contributed by atoms with van der Waals surface area (Å²) in [5.74, 6) is 0.456. The topological polar surface area (TPSA) is 73.6 Å². The van der Waals surface area contributed by atoms with E-state index in [4.69, 9.17) is 27.4 Å². The molecular weight excluding hydrogens is 356 g/mol. The fourth-order valence-electron chi connectivity index (χ4n) is 2.27. The predicted octanol–water partition coefficient (Wildman–Crippen LogP) is 2.48. The Morgan fingerprint density at radius 2 is 2.14 bits per heavy atom. The molecule has 0 bridgehead atoms. The van der Waals surface area contributed by atoms with Gasteiger partial charge in [-0.25, -0.2) is 0 Å². The Morgan fingerprint density at radius 3 is 2.71 bits per heavy atom. The SMILES string of the molecule is COc1ccc(Br)c(NC(=O)C2(C(N)=S)CCOCC2)c1. The Bertz CT molecular complexity index is 559. The van der Waals surface area contributed by atoms with Crippen LogP contribution < -0.4 is 15.8 Å². The van der Waals surface area contributed by atoms with Gasteiger partial charge in [0.25, 0.3) is 0 Å². The van der Waals surface area contributed by atoms with Crippen LogP contribution in [0.5, 0.6) is 5.75 Å². The lowest BCUT2D eigenvalue weighted by Crippen LogP contribution is -2.49. The number of ether oxygens (including phenoxy) is 2. The highest BCUT2D eigenvalue weighted by Gasteiger charge is 2.43. The summed E-state index contributed by atoms with van der Waals surface area (Å²) in [7, 11) is 1.57. The van der Waals surface area contributed by atoms with Gasteiger partial charge in [-0.3, -0.25) is 4.79 Å². The van der Waals surface area contributed by atoms with Crippen LogP contribution in [0.25, 0.3) is 0 Å². The maximum atomic E-state index is 12.7. The predicted molar refractivity (Wildman–Crippen MR) is 88.6 cm³/mol. The molecule has 1 aromatic carbocycles. The molecule has 2 rings (SSSR count). The van der Waals surface area contributed by atoms with Crippen LogP contribution >= 0.6 is 28.1 Å². The molecule has 21 heavy (non-hydrogen) atoms. The molecule has 1 fully saturated rings. The van der Waals surface area contributed by atoms with Crippen LogP contribution in [-0.4, -0.2) is 31.2 Å². The van der Waals surface area contributed by atoms with Gasteiger partial charge in [0.2, 0.25) is 5.91 Å². The summed E-state index contributed by atoms with van der Waals surface area (Å²) in [5, 5.41) is 2.89. The van der Waals surface area contributed by atoms with Gasteiger partial charge < -0.3 is 20.5 Å². The highest BCUT2D eigenvalue weighted by molar-refractivity contribution is 9.10. The van der Waals surface area contributed by atoms with Gasteiger partial charge in [0.1, 0.15) is 11.2 Å². The molecule has 1 aliphatic rings. The first-order chi connectivity index (χ1) is 9.99. The molecule has 1 saturated heterocycles. The lowest BCUT2D eigenvalue weighted by Gasteiger charge is -2.34. The summed E-state index contributed by atoms with van der Waals surface area (Å²) < 4.78 is 11.2. The fraction of sp³-hybridized carbons (Fsp3) is 0.429. The molecule has 114 valence electrons. The fourth-order valence-corrected chi connectivity index (χ4v) is 2.92. The molecule has 0 spiro atoms. The lowest BCUT2D eigenvalue weighted by atomic mass is 9.79. The van der Waals surface area contributed by atoms with E-state index in [0.29, 0.717) is 37.5 Å². The average molecular weight is 373 g/mol. The van der Waals surface area contributed by atoms with Crippen molar-refractivity contribution >= 4 is 44.7 Å². The Kier molecular flexibility index (Phi) is 5.18. The number of thiocarbonyl (C=S) groups is 1. The monoisotopic (exact) mass is 372 g/mol. The molecule has 1 heterocycles. The van der Waals surface area contributed by atoms with Crippen molar-refractivity contribution in [3.05, 3.63) is 22.7 Å². The second kappa shape index (κ2) is 6.72. The quantitative estimate of drug-likeness (QED) is 0.794. The van der Waals surface area contributed by atoms with Gasteiger partial charge in [0, 0.05) is 23.8 Å². The molecule has 1 amide bonds. The molecule has 1 aromatic rings. The van der Waals surface area contributed by atoms with Crippen LogP contribution in [-0.2, 0) is 9.53 Å². The Morgan fingerprint density at radius 1 is 1.48 bits per heavy atom. The van der Waals surface area contributed by atoms with Gasteiger partial charge in [-0.1, -0.05) is 12.2 Å². The first-order valence-corrected chi connectivity index (χ1v) is 7.72. The van der Waals surface area contributed by atoms with Crippen molar-refractivity contribution in [3.63, 3.8) is 0 Å². The molecule has 0 unspecified atom stereocenters. The normalized spacial score (nSPS) is 17.0. The zero-order valence-corrected chi connectivity index (χ0v) is 14.1. The van der Waals surface area contributed by atoms with E-state index in [-0.39, 0.29) is 10.9 Å². The van der Waals surface area contributed by atoms with Crippen molar-refractivity contribution in [1.82, 2.24) is 0 Å². The summed E-state index contributed by atoms with van der Waals surface area (Å²) in [4.78, 5) is 12.9. The number of nitrogens with two attached hydrogens (primary N) is 1. The average Bonchev–Trinajstić information content (AvgIpc) is 2.49. The third-order valence-corrected chi connectivity index (χ3v) is 4.76. The third-order valence-electron chi connectivity index (χ3n) is 3.67. The van der Waals surface area contributed by atoms with Crippen molar-refractivity contribution in [1.29, 1.82) is 0 Å². The number of anilines is 1. The number of methoxy groups -OCH3 is 1. The second-order valence-corrected chi connectivity index (χ2v) is 6.15. The number of nitrogens with one attached hydrogen (secondary N) is 1. The summed E-state index contributed by atoms with van der Waals surface area (Å²) in [6.07, 6.45) is 0.992. The number of hydrogen-bond donors (Lipinski definition) is 2. The Hall–Kier alpha value is -1.18. The summed E-state index contributed by atoms with van der Waals surface area (Å²) >= 11 is 8.53. The van der Waals surface area contributed by atoms with Crippen molar-refractivity contribution < 1.29 is 14.3 Å². The highest BCUT2D eigenvalue weighted by atomic mass is 79.9. The summed E-state index contributed by atoms with van der Waals surface area (Å²) in [6.45, 7) is 0.952. The summed E-state index contributed by atoms with van der Waals surface area (Å²) in [5.41, 5.74) is 5.60. The third kappa shape index (κ3) is 3.36. The second-order valence-electron chi connectivity index (χ2n) is 4.86. The molecule has 0 radical (unpaired) electrons. The maximum absolute atomic E-state index is 12.7. The zero-order valence-electron chi connectivity index (χ0n) is 11.6. The number of halogens is 1. The van der Waals surface area contributed by atoms with Crippen LogP contribution in [0.1, 0.15) is 12.8 Å². The largest absolute Gasteiger partial charge is 0.497 e. The number of amides is 1. The van der Waals surface area contributed by atoms with Crippen LogP contribution in [0, 0.1) is 5.41 Å². The minimum atomic E-state index is -0.851. The van der Waals surface area contributed by atoms with E-state index in [9.17, 15) is 4.79 Å². The molecule has 7 heteroatoms. The number of hydrogen-bond acceptors (Lipinski definition) is 4. The van der Waals surface area contributed by atoms with E-state index in [1.54, 1.807) is 19.2 Å². The van der Waals surface area contributed by atoms with E-state index in [1.165, 1.54) is 0 Å². The van der Waals surface area contributed by atoms with Gasteiger partial charge in [0.15, 0.2) is 0 Å². The number of carbonyl (C=O) groups is 1. The van der Waals surface area contributed by atoms with Crippen molar-refractivity contribution in [2.75, 3.05) is 25.6 Å². The number of rotatable bonds is 4. The van der Waals surface area contributed by atoms with E-state index in [0.717, 1.165) is 4.47 Å². The lowest BCUT2D eigenvalue weighted by molar-refractivity contribution is -0.126. The van der Waals surface area contributed by atoms with Crippen LogP contribution in [0.2, 0.25) is 0 Å². The summed E-state index contributed by atoms with van der Waals surface area (Å²) in [6, 6.07) is 5.36. The van der Waals surface area contributed by atoms with Gasteiger partial charge >= 0.3 is 0 Å². The minimum Gasteiger partial charge on any atom is -0.497 e. The van der Waals surface area contributed by atoms with Crippen LogP contribution in [0.3, 0.4) is 0 Å². The van der Waals surface area contributed by atoms with Crippen molar-refractivity contribution in [2.24, 2.45) is 11.1 Å². The zero-order chi connectivity index (χ0) is 15.5. The smallest absolute Gasteiger partial charge is 0.237 e. The molecule has 0 atom stereocenters. The van der Waals surface area contributed by atoms with Gasteiger partial charge in [-0.2, -0.15) is 0 Å². The van der Waals surface area contributed by atoms with Gasteiger partial charge in [-0.05, 0) is 40.9 Å². The van der Waals surface area contributed by atoms with Crippen molar-refractivity contribution in [3.8, 4) is 5.75 Å². The Balaban J connectivity index is 2.25. The molecule has 0 saturated carbocycles. The number of carbonyl (C=O) groups excluding carboxylic acids is 1. The van der Waals surface area contributed by atoms with Gasteiger partial charge in [0.05, 0.1) is 17.8 Å². The molecule has 0 aromatic heterocycles. The van der Waals surface area contributed by atoms with E-state index in [2.05, 4.69) is 21.2 Å². The molecule has 3 N–H and O–H groups in total. The minimum absolute atomic E-state index is 0.202. The molecule has 0 aliphatic carbocycles.